The van der Waals surface area contributed by atoms with E-state index in [2.05, 4.69) is 22.3 Å². The van der Waals surface area contributed by atoms with Crippen LogP contribution in [0.3, 0.4) is 0 Å². The predicted octanol–water partition coefficient (Wildman–Crippen LogP) is 0.671. The fraction of sp³-hybridized carbons (Fsp3) is 0.583. The second kappa shape index (κ2) is 6.30. The molecule has 1 N–H and O–H groups in total. The molecule has 2 aromatic rings. The Morgan fingerprint density at radius 2 is 2.22 bits per heavy atom. The second-order valence-corrected chi connectivity index (χ2v) is 4.27. The third-order valence-corrected chi connectivity index (χ3v) is 2.79. The molecule has 6 heteroatoms. The molecule has 0 saturated carbocycles. The standard InChI is InChI=1S/C12H19N5O/c1-2-5-13-6-3-4-8-17-12(18)16-9-7-14-10-11(16)15-17/h7,9-10,13H,2-6,8H2,1H3. The summed E-state index contributed by atoms with van der Waals surface area (Å²) in [5.41, 5.74) is 0.514. The Morgan fingerprint density at radius 1 is 1.33 bits per heavy atom. The van der Waals surface area contributed by atoms with Gasteiger partial charge in [0.1, 0.15) is 0 Å². The van der Waals surface area contributed by atoms with Crippen LogP contribution in [0.5, 0.6) is 0 Å². The minimum atomic E-state index is -0.0890. The second-order valence-electron chi connectivity index (χ2n) is 4.27. The van der Waals surface area contributed by atoms with Crippen LogP contribution in [0.1, 0.15) is 26.2 Å². The van der Waals surface area contributed by atoms with Crippen LogP contribution in [0.15, 0.2) is 23.4 Å². The van der Waals surface area contributed by atoms with Crippen LogP contribution < -0.4 is 11.0 Å². The van der Waals surface area contributed by atoms with Gasteiger partial charge in [-0.3, -0.25) is 4.98 Å². The van der Waals surface area contributed by atoms with Gasteiger partial charge in [-0.05, 0) is 32.4 Å². The number of hydrogen-bond donors (Lipinski definition) is 1. The Balaban J connectivity index is 1.88. The van der Waals surface area contributed by atoms with Crippen LogP contribution in [0.25, 0.3) is 5.65 Å². The summed E-state index contributed by atoms with van der Waals surface area (Å²) in [7, 11) is 0. The van der Waals surface area contributed by atoms with Crippen molar-refractivity contribution in [1.29, 1.82) is 0 Å². The molecule has 0 aromatic carbocycles. The molecule has 2 aromatic heterocycles. The van der Waals surface area contributed by atoms with E-state index in [0.29, 0.717) is 12.2 Å². The van der Waals surface area contributed by atoms with Crippen molar-refractivity contribution in [2.24, 2.45) is 0 Å². The maximum absolute atomic E-state index is 11.9. The lowest BCUT2D eigenvalue weighted by Crippen LogP contribution is -2.22. The molecule has 0 amide bonds. The molecule has 18 heavy (non-hydrogen) atoms. The topological polar surface area (TPSA) is 64.2 Å². The van der Waals surface area contributed by atoms with Crippen LogP contribution in [-0.2, 0) is 6.54 Å². The smallest absolute Gasteiger partial charge is 0.317 e. The van der Waals surface area contributed by atoms with E-state index >= 15 is 0 Å². The maximum Gasteiger partial charge on any atom is 0.350 e. The Morgan fingerprint density at radius 3 is 3.00 bits per heavy atom. The minimum absolute atomic E-state index is 0.0890. The predicted molar refractivity (Wildman–Crippen MR) is 69.6 cm³/mol. The molecule has 0 spiro atoms. The largest absolute Gasteiger partial charge is 0.350 e. The molecule has 0 unspecified atom stereocenters. The van der Waals surface area contributed by atoms with Crippen LogP contribution in [0.4, 0.5) is 0 Å². The Labute approximate surface area is 106 Å². The summed E-state index contributed by atoms with van der Waals surface area (Å²) < 4.78 is 3.03. The Kier molecular flexibility index (Phi) is 4.46. The number of aromatic nitrogens is 4. The van der Waals surface area contributed by atoms with E-state index in [0.717, 1.165) is 32.4 Å². The number of fused-ring (bicyclic) bond motifs is 1. The summed E-state index contributed by atoms with van der Waals surface area (Å²) in [5.74, 6) is 0. The lowest BCUT2D eigenvalue weighted by atomic mass is 10.3. The Hall–Kier alpha value is -1.69. The van der Waals surface area contributed by atoms with Gasteiger partial charge >= 0.3 is 5.69 Å². The first-order valence-corrected chi connectivity index (χ1v) is 6.43. The quantitative estimate of drug-likeness (QED) is 0.733. The SMILES string of the molecule is CCCNCCCCn1nc2cnccn2c1=O. The van der Waals surface area contributed by atoms with Crippen LogP contribution in [-0.4, -0.2) is 32.3 Å². The van der Waals surface area contributed by atoms with Gasteiger partial charge in [0.15, 0.2) is 5.65 Å². The van der Waals surface area contributed by atoms with Crippen LogP contribution >= 0.6 is 0 Å². The van der Waals surface area contributed by atoms with E-state index < -0.39 is 0 Å². The highest BCUT2D eigenvalue weighted by molar-refractivity contribution is 5.31. The highest BCUT2D eigenvalue weighted by atomic mass is 16.2. The third kappa shape index (κ3) is 2.95. The number of nitrogens with zero attached hydrogens (tertiary/aromatic N) is 4. The van der Waals surface area contributed by atoms with Crippen molar-refractivity contribution < 1.29 is 0 Å². The van der Waals surface area contributed by atoms with E-state index in [4.69, 9.17) is 0 Å². The summed E-state index contributed by atoms with van der Waals surface area (Å²) >= 11 is 0. The molecule has 0 bridgehead atoms. The van der Waals surface area contributed by atoms with Gasteiger partial charge in [-0.15, -0.1) is 5.10 Å². The summed E-state index contributed by atoms with van der Waals surface area (Å²) in [6.07, 6.45) is 7.99. The Bertz CT molecular complexity index is 545. The van der Waals surface area contributed by atoms with Crippen molar-refractivity contribution in [3.63, 3.8) is 0 Å². The highest BCUT2D eigenvalue weighted by Crippen LogP contribution is 1.95. The molecule has 6 nitrogen and oxygen atoms in total. The van der Waals surface area contributed by atoms with Gasteiger partial charge in [0, 0.05) is 18.9 Å². The molecule has 0 aliphatic carbocycles. The summed E-state index contributed by atoms with van der Waals surface area (Å²) in [6, 6.07) is 0. The molecular formula is C12H19N5O. The summed E-state index contributed by atoms with van der Waals surface area (Å²) in [4.78, 5) is 15.9. The molecule has 0 saturated heterocycles. The van der Waals surface area contributed by atoms with Crippen molar-refractivity contribution >= 4 is 5.65 Å². The molecule has 0 radical (unpaired) electrons. The molecule has 0 aliphatic rings. The molecule has 0 fully saturated rings. The summed E-state index contributed by atoms with van der Waals surface area (Å²) in [5, 5.41) is 7.57. The van der Waals surface area contributed by atoms with Gasteiger partial charge in [-0.25, -0.2) is 13.9 Å². The molecule has 2 rings (SSSR count). The van der Waals surface area contributed by atoms with E-state index in [1.54, 1.807) is 18.6 Å². The van der Waals surface area contributed by atoms with E-state index in [1.165, 1.54) is 9.08 Å². The van der Waals surface area contributed by atoms with Crippen molar-refractivity contribution in [3.05, 3.63) is 29.1 Å². The lowest BCUT2D eigenvalue weighted by Gasteiger charge is -2.02. The number of hydrogen-bond acceptors (Lipinski definition) is 4. The minimum Gasteiger partial charge on any atom is -0.317 e. The number of nitrogens with one attached hydrogen (secondary N) is 1. The first-order valence-electron chi connectivity index (χ1n) is 6.43. The van der Waals surface area contributed by atoms with Gasteiger partial charge in [0.2, 0.25) is 0 Å². The highest BCUT2D eigenvalue weighted by Gasteiger charge is 2.05. The van der Waals surface area contributed by atoms with E-state index in [1.807, 2.05) is 0 Å². The molecule has 98 valence electrons. The van der Waals surface area contributed by atoms with Gasteiger partial charge in [-0.1, -0.05) is 6.92 Å². The molecule has 2 heterocycles. The zero-order valence-corrected chi connectivity index (χ0v) is 10.7. The third-order valence-electron chi connectivity index (χ3n) is 2.79. The van der Waals surface area contributed by atoms with Gasteiger partial charge in [-0.2, -0.15) is 0 Å². The zero-order valence-electron chi connectivity index (χ0n) is 10.7. The molecular weight excluding hydrogens is 230 g/mol. The van der Waals surface area contributed by atoms with Crippen LogP contribution in [0.2, 0.25) is 0 Å². The molecule has 0 aliphatic heterocycles. The number of unbranched alkanes of at least 4 members (excludes halogenated alkanes) is 1. The first-order chi connectivity index (χ1) is 8.83. The fourth-order valence-electron chi connectivity index (χ4n) is 1.84. The van der Waals surface area contributed by atoms with Crippen molar-refractivity contribution in [2.75, 3.05) is 13.1 Å². The monoisotopic (exact) mass is 249 g/mol. The molecule has 0 atom stereocenters. The van der Waals surface area contributed by atoms with Gasteiger partial charge < -0.3 is 5.32 Å². The van der Waals surface area contributed by atoms with Crippen molar-refractivity contribution in [3.8, 4) is 0 Å². The zero-order chi connectivity index (χ0) is 12.8. The van der Waals surface area contributed by atoms with E-state index in [9.17, 15) is 4.79 Å². The number of rotatable bonds is 7. The average Bonchev–Trinajstić information content (AvgIpc) is 2.71. The normalized spacial score (nSPS) is 11.2. The maximum atomic E-state index is 11.9. The lowest BCUT2D eigenvalue weighted by molar-refractivity contribution is 0.523. The van der Waals surface area contributed by atoms with E-state index in [-0.39, 0.29) is 5.69 Å². The first kappa shape index (κ1) is 12.8. The number of aryl methyl sites for hydroxylation is 1. The fourth-order valence-corrected chi connectivity index (χ4v) is 1.84. The van der Waals surface area contributed by atoms with Gasteiger partial charge in [0.25, 0.3) is 0 Å². The van der Waals surface area contributed by atoms with Crippen molar-refractivity contribution in [2.45, 2.75) is 32.7 Å². The summed E-state index contributed by atoms with van der Waals surface area (Å²) in [6.45, 7) is 4.86. The van der Waals surface area contributed by atoms with Crippen LogP contribution in [0, 0.1) is 0 Å². The van der Waals surface area contributed by atoms with Gasteiger partial charge in [0.05, 0.1) is 6.20 Å². The van der Waals surface area contributed by atoms with Crippen molar-refractivity contribution in [1.82, 2.24) is 24.5 Å². The average molecular weight is 249 g/mol.